The minimum atomic E-state index is 0.233. The highest BCUT2D eigenvalue weighted by Gasteiger charge is 2.29. The molecule has 0 bridgehead atoms. The topological polar surface area (TPSA) is 23.6 Å². The predicted octanol–water partition coefficient (Wildman–Crippen LogP) is 3.36. The number of nitrogens with zero attached hydrogens (tertiary/aromatic N) is 2. The van der Waals surface area contributed by atoms with Gasteiger partial charge < -0.3 is 4.90 Å². The maximum absolute atomic E-state index is 12.8. The van der Waals surface area contributed by atoms with Crippen molar-refractivity contribution < 1.29 is 4.79 Å². The summed E-state index contributed by atoms with van der Waals surface area (Å²) < 4.78 is 0. The Morgan fingerprint density at radius 2 is 1.95 bits per heavy atom. The first-order valence-corrected chi connectivity index (χ1v) is 9.24. The second-order valence-electron chi connectivity index (χ2n) is 6.39. The molecule has 1 aromatic heterocycles. The van der Waals surface area contributed by atoms with Gasteiger partial charge in [-0.3, -0.25) is 9.69 Å². The van der Waals surface area contributed by atoms with Crippen LogP contribution in [0.5, 0.6) is 0 Å². The van der Waals surface area contributed by atoms with E-state index in [1.807, 2.05) is 11.3 Å². The zero-order valence-corrected chi connectivity index (χ0v) is 13.6. The van der Waals surface area contributed by atoms with E-state index in [1.165, 1.54) is 30.6 Å². The minimum absolute atomic E-state index is 0.233. The molecule has 0 radical (unpaired) electrons. The number of thiophene rings is 1. The summed E-state index contributed by atoms with van der Waals surface area (Å²) in [5, 5.41) is 2.14. The van der Waals surface area contributed by atoms with Crippen molar-refractivity contribution in [3.8, 4) is 0 Å². The Balaban J connectivity index is 1.55. The fourth-order valence-corrected chi connectivity index (χ4v) is 4.32. The quantitative estimate of drug-likeness (QED) is 0.855. The lowest BCUT2D eigenvalue weighted by Crippen LogP contribution is -2.44. The van der Waals surface area contributed by atoms with Crippen LogP contribution in [0.25, 0.3) is 0 Å². The first-order chi connectivity index (χ1) is 10.3. The summed E-state index contributed by atoms with van der Waals surface area (Å²) in [6, 6.07) is 4.31. The van der Waals surface area contributed by atoms with E-state index in [9.17, 15) is 4.79 Å². The van der Waals surface area contributed by atoms with Crippen molar-refractivity contribution in [2.75, 3.05) is 26.2 Å². The summed E-state index contributed by atoms with van der Waals surface area (Å²) in [6.07, 6.45) is 7.21. The Hall–Kier alpha value is -0.870. The molecular weight excluding hydrogens is 280 g/mol. The van der Waals surface area contributed by atoms with E-state index < -0.39 is 0 Å². The Labute approximate surface area is 131 Å². The first kappa shape index (κ1) is 15.0. The van der Waals surface area contributed by atoms with Crippen molar-refractivity contribution in [3.63, 3.8) is 0 Å². The Morgan fingerprint density at radius 3 is 2.67 bits per heavy atom. The van der Waals surface area contributed by atoms with Crippen LogP contribution in [0.2, 0.25) is 0 Å². The van der Waals surface area contributed by atoms with E-state index in [1.54, 1.807) is 0 Å². The lowest BCUT2D eigenvalue weighted by molar-refractivity contribution is -0.137. The van der Waals surface area contributed by atoms with Crippen LogP contribution in [-0.4, -0.2) is 41.9 Å². The fraction of sp³-hybridized carbons (Fsp3) is 0.706. The van der Waals surface area contributed by atoms with Gasteiger partial charge in [0.25, 0.3) is 0 Å². The number of likely N-dealkylation sites (tertiary alicyclic amines) is 2. The molecule has 2 aliphatic heterocycles. The van der Waals surface area contributed by atoms with Crippen LogP contribution in [-0.2, 0) is 11.3 Å². The van der Waals surface area contributed by atoms with Gasteiger partial charge in [-0.2, -0.15) is 0 Å². The number of amides is 1. The summed E-state index contributed by atoms with van der Waals surface area (Å²) in [6.45, 7) is 5.08. The smallest absolute Gasteiger partial charge is 0.226 e. The average Bonchev–Trinajstić information content (AvgIpc) is 2.87. The van der Waals surface area contributed by atoms with E-state index in [2.05, 4.69) is 27.3 Å². The molecular formula is C17H26N2OS. The van der Waals surface area contributed by atoms with E-state index in [4.69, 9.17) is 0 Å². The van der Waals surface area contributed by atoms with E-state index in [0.29, 0.717) is 5.91 Å². The molecule has 2 fully saturated rings. The summed E-state index contributed by atoms with van der Waals surface area (Å²) in [4.78, 5) is 18.8. The highest BCUT2D eigenvalue weighted by Crippen LogP contribution is 2.23. The monoisotopic (exact) mass is 306 g/mol. The van der Waals surface area contributed by atoms with Crippen LogP contribution in [0.3, 0.4) is 0 Å². The number of rotatable bonds is 3. The first-order valence-electron chi connectivity index (χ1n) is 8.36. The second kappa shape index (κ2) is 7.41. The minimum Gasteiger partial charge on any atom is -0.342 e. The van der Waals surface area contributed by atoms with Gasteiger partial charge in [-0.1, -0.05) is 18.9 Å². The molecule has 21 heavy (non-hydrogen) atoms. The van der Waals surface area contributed by atoms with E-state index in [0.717, 1.165) is 45.6 Å². The van der Waals surface area contributed by atoms with Crippen LogP contribution in [0.1, 0.15) is 43.4 Å². The summed E-state index contributed by atoms with van der Waals surface area (Å²) >= 11 is 1.82. The Bertz CT molecular complexity index is 438. The Kier molecular flexibility index (Phi) is 5.31. The van der Waals surface area contributed by atoms with Crippen molar-refractivity contribution in [1.29, 1.82) is 0 Å². The lowest BCUT2D eigenvalue weighted by Gasteiger charge is -2.34. The van der Waals surface area contributed by atoms with E-state index >= 15 is 0 Å². The number of carbonyl (C=O) groups excluding carboxylic acids is 1. The molecule has 1 atom stereocenters. The molecule has 4 heteroatoms. The van der Waals surface area contributed by atoms with Crippen molar-refractivity contribution >= 4 is 17.2 Å². The molecule has 0 N–H and O–H groups in total. The van der Waals surface area contributed by atoms with Gasteiger partial charge in [-0.15, -0.1) is 11.3 Å². The van der Waals surface area contributed by atoms with Crippen molar-refractivity contribution in [2.45, 2.75) is 45.1 Å². The molecule has 1 amide bonds. The molecule has 3 nitrogen and oxygen atoms in total. The standard InChI is InChI=1S/C17H26N2OS/c20-17(19-10-3-1-2-4-11-19)15-7-5-9-18(13-15)14-16-8-6-12-21-16/h6,8,12,15H,1-5,7,9-11,13-14H2/t15-/m0/s1. The lowest BCUT2D eigenvalue weighted by atomic mass is 9.96. The molecule has 2 saturated heterocycles. The molecule has 0 aliphatic carbocycles. The van der Waals surface area contributed by atoms with Gasteiger partial charge >= 0.3 is 0 Å². The largest absolute Gasteiger partial charge is 0.342 e. The van der Waals surface area contributed by atoms with Gasteiger partial charge in [-0.05, 0) is 43.7 Å². The van der Waals surface area contributed by atoms with Crippen LogP contribution in [0.15, 0.2) is 17.5 Å². The number of carbonyl (C=O) groups is 1. The zero-order valence-electron chi connectivity index (χ0n) is 12.8. The molecule has 0 saturated carbocycles. The Morgan fingerprint density at radius 1 is 1.14 bits per heavy atom. The highest BCUT2D eigenvalue weighted by atomic mass is 32.1. The average molecular weight is 306 g/mol. The molecule has 0 unspecified atom stereocenters. The predicted molar refractivity (Wildman–Crippen MR) is 87.4 cm³/mol. The highest BCUT2D eigenvalue weighted by molar-refractivity contribution is 7.09. The number of hydrogen-bond donors (Lipinski definition) is 0. The summed E-state index contributed by atoms with van der Waals surface area (Å²) in [5.41, 5.74) is 0. The summed E-state index contributed by atoms with van der Waals surface area (Å²) in [5.74, 6) is 0.657. The van der Waals surface area contributed by atoms with Gasteiger partial charge in [0.2, 0.25) is 5.91 Å². The van der Waals surface area contributed by atoms with Crippen LogP contribution in [0.4, 0.5) is 0 Å². The van der Waals surface area contributed by atoms with Gasteiger partial charge in [-0.25, -0.2) is 0 Å². The number of hydrogen-bond acceptors (Lipinski definition) is 3. The molecule has 0 spiro atoms. The zero-order chi connectivity index (χ0) is 14.5. The third-order valence-electron chi connectivity index (χ3n) is 4.73. The second-order valence-corrected chi connectivity index (χ2v) is 7.43. The normalized spacial score (nSPS) is 24.8. The van der Waals surface area contributed by atoms with Crippen molar-refractivity contribution in [1.82, 2.24) is 9.80 Å². The molecule has 3 rings (SSSR count). The van der Waals surface area contributed by atoms with Crippen molar-refractivity contribution in [3.05, 3.63) is 22.4 Å². The summed E-state index contributed by atoms with van der Waals surface area (Å²) in [7, 11) is 0. The maximum atomic E-state index is 12.8. The van der Waals surface area contributed by atoms with Crippen LogP contribution >= 0.6 is 11.3 Å². The third-order valence-corrected chi connectivity index (χ3v) is 5.59. The van der Waals surface area contributed by atoms with E-state index in [-0.39, 0.29) is 5.92 Å². The number of piperidine rings is 1. The van der Waals surface area contributed by atoms with Crippen LogP contribution < -0.4 is 0 Å². The SMILES string of the molecule is O=C([C@H]1CCCN(Cc2cccs2)C1)N1CCCCCC1. The maximum Gasteiger partial charge on any atom is 0.226 e. The van der Waals surface area contributed by atoms with Gasteiger partial charge in [0.15, 0.2) is 0 Å². The molecule has 0 aromatic carbocycles. The van der Waals surface area contributed by atoms with Gasteiger partial charge in [0.05, 0.1) is 5.92 Å². The van der Waals surface area contributed by atoms with Crippen molar-refractivity contribution in [2.24, 2.45) is 5.92 Å². The fourth-order valence-electron chi connectivity index (χ4n) is 3.57. The van der Waals surface area contributed by atoms with Gasteiger partial charge in [0, 0.05) is 31.1 Å². The molecule has 3 heterocycles. The van der Waals surface area contributed by atoms with Gasteiger partial charge in [0.1, 0.15) is 0 Å². The molecule has 116 valence electrons. The molecule has 1 aromatic rings. The van der Waals surface area contributed by atoms with Crippen LogP contribution in [0, 0.1) is 5.92 Å². The third kappa shape index (κ3) is 4.07. The molecule has 2 aliphatic rings.